The van der Waals surface area contributed by atoms with E-state index >= 15 is 0 Å². The second-order valence-corrected chi connectivity index (χ2v) is 6.28. The maximum absolute atomic E-state index is 12.0. The van der Waals surface area contributed by atoms with Gasteiger partial charge < -0.3 is 13.9 Å². The van der Waals surface area contributed by atoms with E-state index in [1.807, 2.05) is 6.92 Å². The topological polar surface area (TPSA) is 65.7 Å². The first kappa shape index (κ1) is 18.3. The number of carbonyl (C=O) groups is 1. The van der Waals surface area contributed by atoms with E-state index in [0.717, 1.165) is 10.9 Å². The Kier molecular flexibility index (Phi) is 5.49. The van der Waals surface area contributed by atoms with Crippen molar-refractivity contribution in [3.8, 4) is 11.5 Å². The molecule has 0 aliphatic rings. The lowest BCUT2D eigenvalue weighted by molar-refractivity contribution is -0.136. The Morgan fingerprint density at radius 2 is 1.92 bits per heavy atom. The molecule has 0 radical (unpaired) electrons. The van der Waals surface area contributed by atoms with Crippen molar-refractivity contribution in [2.75, 3.05) is 6.61 Å². The van der Waals surface area contributed by atoms with Crippen LogP contribution in [0, 0.1) is 0 Å². The normalized spacial score (nSPS) is 10.7. The molecule has 0 atom stereocenters. The summed E-state index contributed by atoms with van der Waals surface area (Å²) in [6, 6.07) is 11.0. The van der Waals surface area contributed by atoms with E-state index in [2.05, 4.69) is 0 Å². The molecule has 0 fully saturated rings. The third-order valence-corrected chi connectivity index (χ3v) is 4.18. The van der Waals surface area contributed by atoms with Gasteiger partial charge in [-0.25, -0.2) is 9.59 Å². The predicted octanol–water partition coefficient (Wildman–Crippen LogP) is 4.65. The SMILES string of the molecule is CCc1cc(=O)oc2cc(OC(=O)COc3ccc(Cl)cc3Cl)ccc12. The van der Waals surface area contributed by atoms with E-state index in [4.69, 9.17) is 37.1 Å². The van der Waals surface area contributed by atoms with E-state index in [9.17, 15) is 9.59 Å². The van der Waals surface area contributed by atoms with Crippen LogP contribution in [0.3, 0.4) is 0 Å². The molecule has 0 N–H and O–H groups in total. The summed E-state index contributed by atoms with van der Waals surface area (Å²) in [5, 5.41) is 1.56. The summed E-state index contributed by atoms with van der Waals surface area (Å²) in [5.41, 5.74) is 0.787. The van der Waals surface area contributed by atoms with Gasteiger partial charge in [0.1, 0.15) is 17.1 Å². The van der Waals surface area contributed by atoms with Gasteiger partial charge in [0.15, 0.2) is 6.61 Å². The lowest BCUT2D eigenvalue weighted by Gasteiger charge is -2.09. The summed E-state index contributed by atoms with van der Waals surface area (Å²) in [4.78, 5) is 23.6. The van der Waals surface area contributed by atoms with Crippen LogP contribution in [-0.4, -0.2) is 12.6 Å². The molecule has 3 rings (SSSR count). The lowest BCUT2D eigenvalue weighted by Crippen LogP contribution is -2.17. The fraction of sp³-hybridized carbons (Fsp3) is 0.158. The highest BCUT2D eigenvalue weighted by Crippen LogP contribution is 2.27. The van der Waals surface area contributed by atoms with Gasteiger partial charge in [0.2, 0.25) is 0 Å². The molecule has 0 bridgehead atoms. The number of esters is 1. The van der Waals surface area contributed by atoms with Gasteiger partial charge in [-0.1, -0.05) is 30.1 Å². The van der Waals surface area contributed by atoms with Crippen molar-refractivity contribution in [3.63, 3.8) is 0 Å². The second kappa shape index (κ2) is 7.81. The zero-order valence-electron chi connectivity index (χ0n) is 13.8. The molecule has 0 unspecified atom stereocenters. The van der Waals surface area contributed by atoms with Crippen LogP contribution in [0.5, 0.6) is 11.5 Å². The Labute approximate surface area is 159 Å². The number of hydrogen-bond donors (Lipinski definition) is 0. The molecule has 3 aromatic rings. The summed E-state index contributed by atoms with van der Waals surface area (Å²) in [6.07, 6.45) is 0.691. The zero-order chi connectivity index (χ0) is 18.7. The standard InChI is InChI=1S/C19H14Cl2O5/c1-2-11-7-18(22)26-17-9-13(4-5-14(11)17)25-19(23)10-24-16-6-3-12(20)8-15(16)21/h3-9H,2,10H2,1H3. The Morgan fingerprint density at radius 1 is 1.12 bits per heavy atom. The van der Waals surface area contributed by atoms with Gasteiger partial charge in [0.25, 0.3) is 0 Å². The van der Waals surface area contributed by atoms with Crippen LogP contribution in [0.15, 0.2) is 51.7 Å². The molecule has 0 saturated carbocycles. The third kappa shape index (κ3) is 4.18. The van der Waals surface area contributed by atoms with Crippen molar-refractivity contribution < 1.29 is 18.7 Å². The summed E-state index contributed by atoms with van der Waals surface area (Å²) in [5.74, 6) is -0.0424. The van der Waals surface area contributed by atoms with Crippen molar-refractivity contribution in [1.29, 1.82) is 0 Å². The van der Waals surface area contributed by atoms with Gasteiger partial charge in [-0.3, -0.25) is 0 Å². The molecule has 134 valence electrons. The molecule has 0 saturated heterocycles. The van der Waals surface area contributed by atoms with Gasteiger partial charge in [-0.15, -0.1) is 0 Å². The van der Waals surface area contributed by atoms with Crippen LogP contribution in [0.4, 0.5) is 0 Å². The Bertz CT molecular complexity index is 1030. The summed E-state index contributed by atoms with van der Waals surface area (Å²) >= 11 is 11.8. The molecule has 0 aliphatic carbocycles. The average Bonchev–Trinajstić information content (AvgIpc) is 2.59. The molecule has 1 aromatic heterocycles. The average molecular weight is 393 g/mol. The first-order valence-electron chi connectivity index (χ1n) is 7.81. The van der Waals surface area contributed by atoms with Crippen molar-refractivity contribution in [2.24, 2.45) is 0 Å². The molecular weight excluding hydrogens is 379 g/mol. The maximum atomic E-state index is 12.0. The largest absolute Gasteiger partial charge is 0.480 e. The monoisotopic (exact) mass is 392 g/mol. The number of ether oxygens (including phenoxy) is 2. The number of rotatable bonds is 5. The molecule has 2 aromatic carbocycles. The Morgan fingerprint density at radius 3 is 2.65 bits per heavy atom. The number of halogens is 2. The second-order valence-electron chi connectivity index (χ2n) is 5.44. The van der Waals surface area contributed by atoms with E-state index < -0.39 is 11.6 Å². The zero-order valence-corrected chi connectivity index (χ0v) is 15.3. The van der Waals surface area contributed by atoms with E-state index in [-0.39, 0.29) is 12.4 Å². The molecule has 7 heteroatoms. The van der Waals surface area contributed by atoms with Crippen molar-refractivity contribution in [3.05, 3.63) is 68.5 Å². The van der Waals surface area contributed by atoms with Gasteiger partial charge in [0.05, 0.1) is 5.02 Å². The van der Waals surface area contributed by atoms with Crippen LogP contribution in [0.1, 0.15) is 12.5 Å². The molecular formula is C19H14Cl2O5. The van der Waals surface area contributed by atoms with Crippen molar-refractivity contribution in [2.45, 2.75) is 13.3 Å². The van der Waals surface area contributed by atoms with Crippen LogP contribution >= 0.6 is 23.2 Å². The number of aryl methyl sites for hydroxylation is 1. The van der Waals surface area contributed by atoms with Crippen LogP contribution < -0.4 is 15.1 Å². The van der Waals surface area contributed by atoms with Crippen molar-refractivity contribution >= 4 is 40.1 Å². The first-order valence-corrected chi connectivity index (χ1v) is 8.57. The van der Waals surface area contributed by atoms with Crippen molar-refractivity contribution in [1.82, 2.24) is 0 Å². The Balaban J connectivity index is 1.72. The van der Waals surface area contributed by atoms with Gasteiger partial charge in [-0.05, 0) is 42.3 Å². The summed E-state index contributed by atoms with van der Waals surface area (Å²) < 4.78 is 15.7. The predicted molar refractivity (Wildman–Crippen MR) is 99.5 cm³/mol. The first-order chi connectivity index (χ1) is 12.5. The number of fused-ring (bicyclic) bond motifs is 1. The smallest absolute Gasteiger partial charge is 0.349 e. The summed E-state index contributed by atoms with van der Waals surface area (Å²) in [7, 11) is 0. The Hall–Kier alpha value is -2.50. The maximum Gasteiger partial charge on any atom is 0.349 e. The minimum absolute atomic E-state index is 0.254. The molecule has 0 amide bonds. The van der Waals surface area contributed by atoms with E-state index in [0.29, 0.717) is 27.8 Å². The van der Waals surface area contributed by atoms with E-state index in [1.165, 1.54) is 18.2 Å². The highest BCUT2D eigenvalue weighted by Gasteiger charge is 2.11. The lowest BCUT2D eigenvalue weighted by atomic mass is 10.1. The molecule has 0 aliphatic heterocycles. The van der Waals surface area contributed by atoms with Gasteiger partial charge >= 0.3 is 11.6 Å². The third-order valence-electron chi connectivity index (χ3n) is 3.65. The number of carbonyl (C=O) groups excluding carboxylic acids is 1. The highest BCUT2D eigenvalue weighted by molar-refractivity contribution is 6.35. The minimum Gasteiger partial charge on any atom is -0.480 e. The minimum atomic E-state index is -0.621. The number of benzene rings is 2. The van der Waals surface area contributed by atoms with Crippen LogP contribution in [0.25, 0.3) is 11.0 Å². The van der Waals surface area contributed by atoms with Gasteiger partial charge in [0, 0.05) is 22.5 Å². The summed E-state index contributed by atoms with van der Waals surface area (Å²) in [6.45, 7) is 1.61. The quantitative estimate of drug-likeness (QED) is 0.359. The molecule has 1 heterocycles. The van der Waals surface area contributed by atoms with Crippen LogP contribution in [-0.2, 0) is 11.2 Å². The van der Waals surface area contributed by atoms with Crippen LogP contribution in [0.2, 0.25) is 10.0 Å². The van der Waals surface area contributed by atoms with E-state index in [1.54, 1.807) is 24.3 Å². The number of hydrogen-bond acceptors (Lipinski definition) is 5. The highest BCUT2D eigenvalue weighted by atomic mass is 35.5. The fourth-order valence-corrected chi connectivity index (χ4v) is 2.92. The van der Waals surface area contributed by atoms with Gasteiger partial charge in [-0.2, -0.15) is 0 Å². The molecule has 5 nitrogen and oxygen atoms in total. The molecule has 0 spiro atoms. The fourth-order valence-electron chi connectivity index (χ4n) is 2.46. The molecule has 26 heavy (non-hydrogen) atoms.